The molecular formula is C28H22. The Bertz CT molecular complexity index is 1120. The van der Waals surface area contributed by atoms with E-state index in [-0.39, 0.29) is 0 Å². The first-order valence-electron chi connectivity index (χ1n) is 10.2. The molecule has 0 bridgehead atoms. The van der Waals surface area contributed by atoms with Gasteiger partial charge in [0.1, 0.15) is 0 Å². The van der Waals surface area contributed by atoms with E-state index in [4.69, 9.17) is 0 Å². The van der Waals surface area contributed by atoms with Crippen LogP contribution in [0.1, 0.15) is 44.5 Å². The molecule has 2 aliphatic rings. The Morgan fingerprint density at radius 1 is 0.321 bits per heavy atom. The van der Waals surface area contributed by atoms with Crippen molar-refractivity contribution in [3.05, 3.63) is 129 Å². The van der Waals surface area contributed by atoms with Crippen molar-refractivity contribution in [1.29, 1.82) is 0 Å². The summed E-state index contributed by atoms with van der Waals surface area (Å²) in [5.41, 5.74) is 14.8. The molecule has 4 aromatic rings. The molecule has 0 aromatic heterocycles. The molecule has 2 aliphatic carbocycles. The van der Waals surface area contributed by atoms with E-state index in [0.717, 1.165) is 25.7 Å². The highest BCUT2D eigenvalue weighted by Gasteiger charge is 2.22. The van der Waals surface area contributed by atoms with E-state index >= 15 is 0 Å². The normalized spacial score (nSPS) is 13.9. The number of rotatable bonds is 1. The monoisotopic (exact) mass is 358 g/mol. The predicted octanol–water partition coefficient (Wildman–Crippen LogP) is 6.34. The lowest BCUT2D eigenvalue weighted by Crippen LogP contribution is -2.11. The van der Waals surface area contributed by atoms with Crippen LogP contribution in [0.3, 0.4) is 0 Å². The zero-order valence-corrected chi connectivity index (χ0v) is 15.9. The minimum absolute atomic E-state index is 1.04. The standard InChI is InChI=1S/C28H22/c1-3-9-21-17-27-23(15-19(21)7-1)11-5-13-25(27)26-14-6-12-24-16-20-8-2-4-10-22(20)18-28(24)26/h1-14H,15-18H2. The van der Waals surface area contributed by atoms with E-state index in [9.17, 15) is 0 Å². The van der Waals surface area contributed by atoms with Crippen LogP contribution in [-0.4, -0.2) is 0 Å². The minimum atomic E-state index is 1.04. The van der Waals surface area contributed by atoms with E-state index in [0.29, 0.717) is 0 Å². The van der Waals surface area contributed by atoms with Crippen molar-refractivity contribution in [2.45, 2.75) is 25.7 Å². The van der Waals surface area contributed by atoms with Gasteiger partial charge in [-0.15, -0.1) is 0 Å². The van der Waals surface area contributed by atoms with Crippen molar-refractivity contribution in [1.82, 2.24) is 0 Å². The van der Waals surface area contributed by atoms with Crippen molar-refractivity contribution in [3.63, 3.8) is 0 Å². The van der Waals surface area contributed by atoms with Crippen LogP contribution < -0.4 is 0 Å². The summed E-state index contributed by atoms with van der Waals surface area (Å²) in [6.07, 6.45) is 4.19. The van der Waals surface area contributed by atoms with Crippen LogP contribution in [0.25, 0.3) is 11.1 Å². The second-order valence-electron chi connectivity index (χ2n) is 8.13. The van der Waals surface area contributed by atoms with Crippen molar-refractivity contribution in [2.75, 3.05) is 0 Å². The second kappa shape index (κ2) is 6.21. The Hall–Kier alpha value is -3.12. The molecule has 0 N–H and O–H groups in total. The van der Waals surface area contributed by atoms with Crippen molar-refractivity contribution >= 4 is 0 Å². The molecule has 0 atom stereocenters. The highest BCUT2D eigenvalue weighted by atomic mass is 14.3. The largest absolute Gasteiger partial charge is 0.0620 e. The Labute approximate surface area is 166 Å². The highest BCUT2D eigenvalue weighted by molar-refractivity contribution is 5.76. The molecule has 0 nitrogen and oxygen atoms in total. The van der Waals surface area contributed by atoms with Gasteiger partial charge in [-0.25, -0.2) is 0 Å². The summed E-state index contributed by atoms with van der Waals surface area (Å²) in [4.78, 5) is 0. The van der Waals surface area contributed by atoms with Gasteiger partial charge in [0, 0.05) is 0 Å². The molecule has 4 aromatic carbocycles. The Kier molecular flexibility index (Phi) is 3.52. The van der Waals surface area contributed by atoms with E-state index in [1.165, 1.54) is 55.6 Å². The first kappa shape index (κ1) is 15.9. The number of hydrogen-bond donors (Lipinski definition) is 0. The van der Waals surface area contributed by atoms with Crippen LogP contribution >= 0.6 is 0 Å². The first-order chi connectivity index (χ1) is 13.9. The maximum atomic E-state index is 2.34. The molecule has 0 radical (unpaired) electrons. The van der Waals surface area contributed by atoms with Crippen molar-refractivity contribution < 1.29 is 0 Å². The summed E-state index contributed by atoms with van der Waals surface area (Å²) in [5.74, 6) is 0. The quantitative estimate of drug-likeness (QED) is 0.321. The molecule has 0 heteroatoms. The van der Waals surface area contributed by atoms with E-state index in [2.05, 4.69) is 84.9 Å². The van der Waals surface area contributed by atoms with Crippen LogP contribution in [0.2, 0.25) is 0 Å². The van der Waals surface area contributed by atoms with Gasteiger partial charge in [0.05, 0.1) is 0 Å². The number of fused-ring (bicyclic) bond motifs is 4. The lowest BCUT2D eigenvalue weighted by atomic mass is 9.78. The molecule has 0 aliphatic heterocycles. The minimum Gasteiger partial charge on any atom is -0.0620 e. The van der Waals surface area contributed by atoms with Crippen LogP contribution in [0.4, 0.5) is 0 Å². The summed E-state index contributed by atoms with van der Waals surface area (Å²) in [7, 11) is 0. The average molecular weight is 358 g/mol. The third kappa shape index (κ3) is 2.45. The van der Waals surface area contributed by atoms with Crippen LogP contribution in [-0.2, 0) is 25.7 Å². The maximum Gasteiger partial charge on any atom is -0.00139 e. The predicted molar refractivity (Wildman–Crippen MR) is 116 cm³/mol. The molecule has 0 spiro atoms. The zero-order valence-electron chi connectivity index (χ0n) is 15.9. The Balaban J connectivity index is 1.50. The highest BCUT2D eigenvalue weighted by Crippen LogP contribution is 2.39. The Morgan fingerprint density at radius 2 is 0.679 bits per heavy atom. The lowest BCUT2D eigenvalue weighted by molar-refractivity contribution is 0.989. The average Bonchev–Trinajstić information content (AvgIpc) is 2.75. The van der Waals surface area contributed by atoms with Crippen molar-refractivity contribution in [2.24, 2.45) is 0 Å². The topological polar surface area (TPSA) is 0 Å². The van der Waals surface area contributed by atoms with Gasteiger partial charge in [-0.3, -0.25) is 0 Å². The fourth-order valence-corrected chi connectivity index (χ4v) is 5.12. The third-order valence-electron chi connectivity index (χ3n) is 6.57. The molecule has 0 heterocycles. The van der Waals surface area contributed by atoms with Crippen LogP contribution in [0.15, 0.2) is 84.9 Å². The molecule has 0 saturated carbocycles. The maximum absolute atomic E-state index is 2.34. The van der Waals surface area contributed by atoms with Gasteiger partial charge in [0.25, 0.3) is 0 Å². The molecule has 134 valence electrons. The SMILES string of the molecule is c1ccc2c(c1)Cc1cccc(-c3cccc4c3Cc3ccccc3C4)c1C2. The van der Waals surface area contributed by atoms with Crippen LogP contribution in [0, 0.1) is 0 Å². The summed E-state index contributed by atoms with van der Waals surface area (Å²) < 4.78 is 0. The van der Waals surface area contributed by atoms with Gasteiger partial charge in [-0.2, -0.15) is 0 Å². The third-order valence-corrected chi connectivity index (χ3v) is 6.57. The molecular weight excluding hydrogens is 336 g/mol. The fourth-order valence-electron chi connectivity index (χ4n) is 5.12. The van der Waals surface area contributed by atoms with Crippen LogP contribution in [0.5, 0.6) is 0 Å². The zero-order chi connectivity index (χ0) is 18.5. The van der Waals surface area contributed by atoms with Gasteiger partial charge in [0.2, 0.25) is 0 Å². The van der Waals surface area contributed by atoms with E-state index in [1.807, 2.05) is 0 Å². The molecule has 0 saturated heterocycles. The van der Waals surface area contributed by atoms with Gasteiger partial charge in [0.15, 0.2) is 0 Å². The molecule has 0 fully saturated rings. The van der Waals surface area contributed by atoms with E-state index < -0.39 is 0 Å². The molecule has 28 heavy (non-hydrogen) atoms. The lowest BCUT2D eigenvalue weighted by Gasteiger charge is -2.26. The van der Waals surface area contributed by atoms with Gasteiger partial charge < -0.3 is 0 Å². The summed E-state index contributed by atoms with van der Waals surface area (Å²) in [6.45, 7) is 0. The van der Waals surface area contributed by atoms with Gasteiger partial charge in [-0.1, -0.05) is 84.9 Å². The number of hydrogen-bond acceptors (Lipinski definition) is 0. The summed E-state index contributed by atoms with van der Waals surface area (Å²) >= 11 is 0. The molecule has 6 rings (SSSR count). The van der Waals surface area contributed by atoms with Gasteiger partial charge >= 0.3 is 0 Å². The second-order valence-corrected chi connectivity index (χ2v) is 8.13. The summed E-state index contributed by atoms with van der Waals surface area (Å²) in [5, 5.41) is 0. The Morgan fingerprint density at radius 3 is 1.11 bits per heavy atom. The molecule has 0 unspecified atom stereocenters. The van der Waals surface area contributed by atoms with Crippen molar-refractivity contribution in [3.8, 4) is 11.1 Å². The summed E-state index contributed by atoms with van der Waals surface area (Å²) in [6, 6.07) is 31.6. The van der Waals surface area contributed by atoms with Gasteiger partial charge in [-0.05, 0) is 81.3 Å². The number of benzene rings is 4. The smallest absolute Gasteiger partial charge is 0.00139 e. The van der Waals surface area contributed by atoms with E-state index in [1.54, 1.807) is 0 Å². The fraction of sp³-hybridized carbons (Fsp3) is 0.143. The first-order valence-corrected chi connectivity index (χ1v) is 10.2. The molecule has 0 amide bonds.